The number of aromatic nitrogens is 2. The molecule has 0 saturated heterocycles. The minimum absolute atomic E-state index is 0. The molecule has 0 atom stereocenters. The maximum Gasteiger partial charge on any atom is 0.191 e. The summed E-state index contributed by atoms with van der Waals surface area (Å²) < 4.78 is 29.8. The Bertz CT molecular complexity index is 1000. The molecule has 0 unspecified atom stereocenters. The van der Waals surface area contributed by atoms with E-state index in [4.69, 9.17) is 0 Å². The Morgan fingerprint density at radius 1 is 1.00 bits per heavy atom. The van der Waals surface area contributed by atoms with Gasteiger partial charge in [-0.1, -0.05) is 18.2 Å². The third kappa shape index (κ3) is 5.75. The Hall–Kier alpha value is -2.49. The van der Waals surface area contributed by atoms with Crippen LogP contribution in [0, 0.1) is 25.5 Å². The molecule has 29 heavy (non-hydrogen) atoms. The highest BCUT2D eigenvalue weighted by molar-refractivity contribution is 14.0. The zero-order valence-corrected chi connectivity index (χ0v) is 18.9. The van der Waals surface area contributed by atoms with E-state index < -0.39 is 0 Å². The predicted molar refractivity (Wildman–Crippen MR) is 122 cm³/mol. The topological polar surface area (TPSA) is 54.2 Å². The van der Waals surface area contributed by atoms with E-state index >= 15 is 0 Å². The van der Waals surface area contributed by atoms with Gasteiger partial charge in [-0.2, -0.15) is 0 Å². The molecule has 0 spiro atoms. The van der Waals surface area contributed by atoms with Crippen LogP contribution in [0.15, 0.2) is 53.8 Å². The van der Waals surface area contributed by atoms with Gasteiger partial charge in [0.1, 0.15) is 17.5 Å². The molecule has 5 nitrogen and oxygen atoms in total. The van der Waals surface area contributed by atoms with Crippen molar-refractivity contribution in [3.05, 3.63) is 82.9 Å². The lowest BCUT2D eigenvalue weighted by Crippen LogP contribution is -2.36. The van der Waals surface area contributed by atoms with E-state index in [1.54, 1.807) is 43.1 Å². The molecule has 0 fully saturated rings. The molecule has 0 bridgehead atoms. The normalized spacial score (nSPS) is 11.1. The summed E-state index contributed by atoms with van der Waals surface area (Å²) in [6, 6.07) is 10.2. The van der Waals surface area contributed by atoms with Gasteiger partial charge in [-0.25, -0.2) is 13.8 Å². The number of aliphatic imine (C=N–C) groups is 1. The van der Waals surface area contributed by atoms with E-state index in [9.17, 15) is 8.78 Å². The Labute approximate surface area is 186 Å². The quantitative estimate of drug-likeness (QED) is 0.306. The zero-order chi connectivity index (χ0) is 20.1. The molecular formula is C21H24F2IN5. The van der Waals surface area contributed by atoms with Crippen molar-refractivity contribution in [2.24, 2.45) is 4.99 Å². The van der Waals surface area contributed by atoms with Crippen molar-refractivity contribution in [2.45, 2.75) is 26.9 Å². The second kappa shape index (κ2) is 10.3. The van der Waals surface area contributed by atoms with Crippen LogP contribution in [-0.4, -0.2) is 22.6 Å². The largest absolute Gasteiger partial charge is 0.352 e. The van der Waals surface area contributed by atoms with E-state index in [1.165, 1.54) is 12.1 Å². The second-order valence-corrected chi connectivity index (χ2v) is 6.49. The second-order valence-electron chi connectivity index (χ2n) is 6.49. The number of guanidine groups is 1. The third-order valence-corrected chi connectivity index (χ3v) is 4.48. The SMILES string of the molecule is CN=C(NCc1ccc(C)c(F)c1)NCc1ccc(-n2ccnc2C)c(F)c1.I. The highest BCUT2D eigenvalue weighted by Crippen LogP contribution is 2.16. The summed E-state index contributed by atoms with van der Waals surface area (Å²) in [6.07, 6.45) is 3.37. The van der Waals surface area contributed by atoms with Crippen LogP contribution in [-0.2, 0) is 13.1 Å². The van der Waals surface area contributed by atoms with Gasteiger partial charge >= 0.3 is 0 Å². The minimum atomic E-state index is -0.321. The zero-order valence-electron chi connectivity index (χ0n) is 16.5. The molecule has 0 amide bonds. The monoisotopic (exact) mass is 511 g/mol. The molecule has 3 rings (SSSR count). The first kappa shape index (κ1) is 22.8. The Balaban J connectivity index is 0.00000300. The fourth-order valence-electron chi connectivity index (χ4n) is 2.83. The number of aryl methyl sites for hydroxylation is 2. The van der Waals surface area contributed by atoms with E-state index in [0.717, 1.165) is 17.0 Å². The first-order chi connectivity index (χ1) is 13.5. The van der Waals surface area contributed by atoms with Crippen LogP contribution in [0.3, 0.4) is 0 Å². The van der Waals surface area contributed by atoms with Gasteiger partial charge in [0.15, 0.2) is 5.96 Å². The summed E-state index contributed by atoms with van der Waals surface area (Å²) in [7, 11) is 1.65. The first-order valence-electron chi connectivity index (χ1n) is 8.96. The number of hydrogen-bond acceptors (Lipinski definition) is 2. The molecule has 0 saturated carbocycles. The van der Waals surface area contributed by atoms with Gasteiger partial charge in [0, 0.05) is 32.5 Å². The average molecular weight is 511 g/mol. The van der Waals surface area contributed by atoms with Gasteiger partial charge in [0.2, 0.25) is 0 Å². The Kier molecular flexibility index (Phi) is 8.12. The van der Waals surface area contributed by atoms with Gasteiger partial charge < -0.3 is 15.2 Å². The molecule has 0 radical (unpaired) electrons. The van der Waals surface area contributed by atoms with E-state index in [-0.39, 0.29) is 35.6 Å². The van der Waals surface area contributed by atoms with E-state index in [2.05, 4.69) is 20.6 Å². The van der Waals surface area contributed by atoms with Crippen LogP contribution in [0.2, 0.25) is 0 Å². The van der Waals surface area contributed by atoms with Crippen molar-refractivity contribution in [2.75, 3.05) is 7.05 Å². The van der Waals surface area contributed by atoms with Crippen LogP contribution in [0.25, 0.3) is 5.69 Å². The number of rotatable bonds is 5. The van der Waals surface area contributed by atoms with E-state index in [0.29, 0.717) is 30.3 Å². The van der Waals surface area contributed by atoms with Crippen molar-refractivity contribution in [3.63, 3.8) is 0 Å². The molecule has 0 aliphatic rings. The maximum absolute atomic E-state index is 14.5. The number of halogens is 3. The molecule has 0 aliphatic heterocycles. The van der Waals surface area contributed by atoms with Gasteiger partial charge in [-0.3, -0.25) is 4.99 Å². The van der Waals surface area contributed by atoms with Crippen LogP contribution in [0.5, 0.6) is 0 Å². The summed E-state index contributed by atoms with van der Waals surface area (Å²) >= 11 is 0. The molecule has 2 aromatic carbocycles. The van der Waals surface area contributed by atoms with Crippen LogP contribution >= 0.6 is 24.0 Å². The number of nitrogens with zero attached hydrogens (tertiary/aromatic N) is 3. The maximum atomic E-state index is 14.5. The molecule has 154 valence electrons. The summed E-state index contributed by atoms with van der Waals surface area (Å²) in [5, 5.41) is 6.26. The van der Waals surface area contributed by atoms with Crippen LogP contribution in [0.4, 0.5) is 8.78 Å². The summed E-state index contributed by atoms with van der Waals surface area (Å²) in [6.45, 7) is 4.39. The summed E-state index contributed by atoms with van der Waals surface area (Å²) in [5.41, 5.74) is 2.67. The third-order valence-electron chi connectivity index (χ3n) is 4.48. The van der Waals surface area contributed by atoms with Gasteiger partial charge in [-0.15, -0.1) is 24.0 Å². The lowest BCUT2D eigenvalue weighted by Gasteiger charge is -2.13. The Morgan fingerprint density at radius 2 is 1.62 bits per heavy atom. The summed E-state index contributed by atoms with van der Waals surface area (Å²) in [5.74, 6) is 0.724. The van der Waals surface area contributed by atoms with Crippen molar-refractivity contribution < 1.29 is 8.78 Å². The molecule has 1 heterocycles. The molecule has 0 aliphatic carbocycles. The minimum Gasteiger partial charge on any atom is -0.352 e. The number of benzene rings is 2. The predicted octanol–water partition coefficient (Wildman–Crippen LogP) is 4.25. The van der Waals surface area contributed by atoms with Crippen LogP contribution in [0.1, 0.15) is 22.5 Å². The van der Waals surface area contributed by atoms with Gasteiger partial charge in [-0.05, 0) is 48.7 Å². The average Bonchev–Trinajstić information content (AvgIpc) is 3.10. The molecular weight excluding hydrogens is 487 g/mol. The highest BCUT2D eigenvalue weighted by Gasteiger charge is 2.08. The van der Waals surface area contributed by atoms with Crippen molar-refractivity contribution in [3.8, 4) is 5.69 Å². The van der Waals surface area contributed by atoms with Crippen molar-refractivity contribution >= 4 is 29.9 Å². The standard InChI is InChI=1S/C21H23F2N5.HI/c1-14-4-5-16(10-18(14)22)12-26-21(24-3)27-13-17-6-7-20(19(23)11-17)28-9-8-25-15(28)2;/h4-11H,12-13H2,1-3H3,(H2,24,26,27);1H. The molecule has 8 heteroatoms. The fraction of sp³-hybridized carbons (Fsp3) is 0.238. The molecule has 1 aromatic heterocycles. The smallest absolute Gasteiger partial charge is 0.191 e. The molecule has 3 aromatic rings. The highest BCUT2D eigenvalue weighted by atomic mass is 127. The van der Waals surface area contributed by atoms with Crippen molar-refractivity contribution in [1.29, 1.82) is 0 Å². The lowest BCUT2D eigenvalue weighted by atomic mass is 10.1. The van der Waals surface area contributed by atoms with Crippen molar-refractivity contribution in [1.82, 2.24) is 20.2 Å². The number of nitrogens with one attached hydrogen (secondary N) is 2. The number of hydrogen-bond donors (Lipinski definition) is 2. The first-order valence-corrected chi connectivity index (χ1v) is 8.96. The van der Waals surface area contributed by atoms with Gasteiger partial charge in [0.25, 0.3) is 0 Å². The fourth-order valence-corrected chi connectivity index (χ4v) is 2.83. The number of imidazole rings is 1. The summed E-state index contributed by atoms with van der Waals surface area (Å²) in [4.78, 5) is 8.26. The Morgan fingerprint density at radius 3 is 2.14 bits per heavy atom. The molecule has 2 N–H and O–H groups in total. The van der Waals surface area contributed by atoms with Gasteiger partial charge in [0.05, 0.1) is 5.69 Å². The van der Waals surface area contributed by atoms with Crippen LogP contribution < -0.4 is 10.6 Å². The lowest BCUT2D eigenvalue weighted by molar-refractivity contribution is 0.613. The van der Waals surface area contributed by atoms with E-state index in [1.807, 2.05) is 19.1 Å².